The van der Waals surface area contributed by atoms with Crippen LogP contribution in [0.3, 0.4) is 0 Å². The molecule has 3 nitrogen and oxygen atoms in total. The number of terminal acetylenes is 1. The molecule has 1 heterocycles. The highest BCUT2D eigenvalue weighted by atomic mass is 35.5. The third kappa shape index (κ3) is 3.27. The molecule has 0 saturated carbocycles. The summed E-state index contributed by atoms with van der Waals surface area (Å²) in [6.45, 7) is 0.653. The molecule has 1 aromatic heterocycles. The maximum Gasteiger partial charge on any atom is 0.317 e. The second-order valence-electron chi connectivity index (χ2n) is 4.08. The minimum absolute atomic E-state index is 0.0885. The van der Waals surface area contributed by atoms with E-state index in [1.165, 1.54) is 0 Å². The van der Waals surface area contributed by atoms with Crippen molar-refractivity contribution in [1.82, 2.24) is 4.90 Å². The lowest BCUT2D eigenvalue weighted by Gasteiger charge is -2.16. The van der Waals surface area contributed by atoms with Crippen molar-refractivity contribution < 1.29 is 9.90 Å². The first-order chi connectivity index (χ1) is 9.11. The van der Waals surface area contributed by atoms with E-state index in [1.807, 2.05) is 24.3 Å². The molecular weight excluding hydrogens is 282 g/mol. The second-order valence-corrected chi connectivity index (χ2v) is 5.59. The van der Waals surface area contributed by atoms with Gasteiger partial charge in [0.2, 0.25) is 0 Å². The zero-order valence-electron chi connectivity index (χ0n) is 10.1. The molecule has 0 bridgehead atoms. The van der Waals surface area contributed by atoms with Crippen molar-refractivity contribution >= 4 is 39.0 Å². The fourth-order valence-electron chi connectivity index (χ4n) is 1.86. The Balaban J connectivity index is 2.26. The van der Waals surface area contributed by atoms with E-state index in [1.54, 1.807) is 16.2 Å². The number of aliphatic carboxylic acids is 1. The third-order valence-corrected chi connectivity index (χ3v) is 4.34. The molecule has 0 amide bonds. The first kappa shape index (κ1) is 13.9. The molecule has 0 atom stereocenters. The van der Waals surface area contributed by atoms with E-state index in [0.29, 0.717) is 11.6 Å². The maximum absolute atomic E-state index is 10.8. The fourth-order valence-corrected chi connectivity index (χ4v) is 3.39. The van der Waals surface area contributed by atoms with Gasteiger partial charge in [0.1, 0.15) is 0 Å². The van der Waals surface area contributed by atoms with Gasteiger partial charge in [0, 0.05) is 21.5 Å². The number of halogens is 1. The molecule has 5 heteroatoms. The lowest BCUT2D eigenvalue weighted by atomic mass is 10.2. The average Bonchev–Trinajstić information content (AvgIpc) is 2.67. The van der Waals surface area contributed by atoms with Gasteiger partial charge < -0.3 is 5.11 Å². The third-order valence-electron chi connectivity index (χ3n) is 2.64. The average molecular weight is 294 g/mol. The highest BCUT2D eigenvalue weighted by Gasteiger charge is 2.15. The van der Waals surface area contributed by atoms with Crippen LogP contribution < -0.4 is 0 Å². The number of fused-ring (bicyclic) bond motifs is 1. The summed E-state index contributed by atoms with van der Waals surface area (Å²) in [5.74, 6) is 1.57. The zero-order valence-corrected chi connectivity index (χ0v) is 11.7. The summed E-state index contributed by atoms with van der Waals surface area (Å²) < 4.78 is 1.10. The largest absolute Gasteiger partial charge is 0.480 e. The Kier molecular flexibility index (Phi) is 4.43. The summed E-state index contributed by atoms with van der Waals surface area (Å²) in [5, 5.41) is 10.5. The van der Waals surface area contributed by atoms with E-state index < -0.39 is 5.97 Å². The monoisotopic (exact) mass is 293 g/mol. The molecule has 0 aliphatic heterocycles. The molecule has 98 valence electrons. The van der Waals surface area contributed by atoms with E-state index in [-0.39, 0.29) is 13.1 Å². The van der Waals surface area contributed by atoms with Crippen molar-refractivity contribution in [3.8, 4) is 12.3 Å². The molecule has 19 heavy (non-hydrogen) atoms. The zero-order chi connectivity index (χ0) is 13.8. The van der Waals surface area contributed by atoms with E-state index in [4.69, 9.17) is 23.1 Å². The van der Waals surface area contributed by atoms with Crippen LogP contribution in [0.1, 0.15) is 4.88 Å². The van der Waals surface area contributed by atoms with Crippen LogP contribution in [0.2, 0.25) is 5.02 Å². The summed E-state index contributed by atoms with van der Waals surface area (Å²) >= 11 is 7.89. The summed E-state index contributed by atoms with van der Waals surface area (Å²) in [6.07, 6.45) is 5.26. The maximum atomic E-state index is 10.8. The fraction of sp³-hybridized carbons (Fsp3) is 0.214. The Bertz CT molecular complexity index is 644. The Labute approximate surface area is 120 Å². The van der Waals surface area contributed by atoms with Crippen LogP contribution in [0.4, 0.5) is 0 Å². The molecule has 0 aliphatic rings. The number of carboxylic acid groups (broad SMARTS) is 1. The van der Waals surface area contributed by atoms with Crippen molar-refractivity contribution in [1.29, 1.82) is 0 Å². The van der Waals surface area contributed by atoms with Gasteiger partial charge >= 0.3 is 5.97 Å². The van der Waals surface area contributed by atoms with Gasteiger partial charge in [0.05, 0.1) is 18.1 Å². The highest BCUT2D eigenvalue weighted by Crippen LogP contribution is 2.35. The minimum Gasteiger partial charge on any atom is -0.480 e. The number of carbonyl (C=O) groups is 1. The molecule has 0 saturated heterocycles. The normalized spacial score (nSPS) is 10.8. The summed E-state index contributed by atoms with van der Waals surface area (Å²) in [6, 6.07) is 7.84. The first-order valence-corrected chi connectivity index (χ1v) is 6.84. The molecule has 1 aromatic carbocycles. The molecule has 2 aromatic rings. The SMILES string of the molecule is C#CCN(CC(=O)O)Cc1sc2ccccc2c1Cl. The molecule has 0 aliphatic carbocycles. The molecule has 2 rings (SSSR count). The molecule has 0 spiro atoms. The van der Waals surface area contributed by atoms with Crippen molar-refractivity contribution in [2.24, 2.45) is 0 Å². The second kappa shape index (κ2) is 6.07. The van der Waals surface area contributed by atoms with Gasteiger partial charge in [0.25, 0.3) is 0 Å². The molecular formula is C14H12ClNO2S. The van der Waals surface area contributed by atoms with Gasteiger partial charge in [-0.3, -0.25) is 9.69 Å². The predicted molar refractivity (Wildman–Crippen MR) is 78.6 cm³/mol. The quantitative estimate of drug-likeness (QED) is 0.861. The van der Waals surface area contributed by atoms with E-state index in [2.05, 4.69) is 5.92 Å². The standard InChI is InChI=1S/C14H12ClNO2S/c1-2-7-16(9-13(17)18)8-12-14(15)10-5-3-4-6-11(10)19-12/h1,3-6H,7-9H2,(H,17,18). The molecule has 0 radical (unpaired) electrons. The van der Waals surface area contributed by atoms with E-state index in [9.17, 15) is 4.79 Å². The van der Waals surface area contributed by atoms with Crippen molar-refractivity contribution in [3.05, 3.63) is 34.2 Å². The van der Waals surface area contributed by atoms with Crippen LogP contribution in [0.15, 0.2) is 24.3 Å². The number of nitrogens with zero attached hydrogens (tertiary/aromatic N) is 1. The van der Waals surface area contributed by atoms with Gasteiger partial charge in [-0.2, -0.15) is 0 Å². The van der Waals surface area contributed by atoms with Crippen LogP contribution in [0.5, 0.6) is 0 Å². The van der Waals surface area contributed by atoms with Crippen LogP contribution >= 0.6 is 22.9 Å². The van der Waals surface area contributed by atoms with Crippen LogP contribution in [-0.2, 0) is 11.3 Å². The number of thiophene rings is 1. The Morgan fingerprint density at radius 1 is 1.47 bits per heavy atom. The molecule has 0 fully saturated rings. The van der Waals surface area contributed by atoms with Gasteiger partial charge in [0.15, 0.2) is 0 Å². The smallest absolute Gasteiger partial charge is 0.317 e. The number of benzene rings is 1. The first-order valence-electron chi connectivity index (χ1n) is 5.65. The number of hydrogen-bond donors (Lipinski definition) is 1. The van der Waals surface area contributed by atoms with Crippen molar-refractivity contribution in [2.75, 3.05) is 13.1 Å². The van der Waals surface area contributed by atoms with E-state index >= 15 is 0 Å². The van der Waals surface area contributed by atoms with Crippen LogP contribution in [0, 0.1) is 12.3 Å². The van der Waals surface area contributed by atoms with Gasteiger partial charge in [-0.1, -0.05) is 35.7 Å². The Morgan fingerprint density at radius 3 is 2.84 bits per heavy atom. The number of rotatable bonds is 5. The van der Waals surface area contributed by atoms with Gasteiger partial charge in [-0.15, -0.1) is 17.8 Å². The summed E-state index contributed by atoms with van der Waals surface area (Å²) in [5.41, 5.74) is 0. The summed E-state index contributed by atoms with van der Waals surface area (Å²) in [7, 11) is 0. The van der Waals surface area contributed by atoms with Crippen molar-refractivity contribution in [2.45, 2.75) is 6.54 Å². The number of hydrogen-bond acceptors (Lipinski definition) is 3. The van der Waals surface area contributed by atoms with Gasteiger partial charge in [-0.05, 0) is 6.07 Å². The Morgan fingerprint density at radius 2 is 2.21 bits per heavy atom. The van der Waals surface area contributed by atoms with Gasteiger partial charge in [-0.25, -0.2) is 0 Å². The summed E-state index contributed by atoms with van der Waals surface area (Å²) in [4.78, 5) is 13.4. The lowest BCUT2D eigenvalue weighted by molar-refractivity contribution is -0.138. The van der Waals surface area contributed by atoms with E-state index in [0.717, 1.165) is 15.0 Å². The highest BCUT2D eigenvalue weighted by molar-refractivity contribution is 7.19. The number of carboxylic acids is 1. The molecule has 0 unspecified atom stereocenters. The minimum atomic E-state index is -0.896. The van der Waals surface area contributed by atoms with Crippen LogP contribution in [-0.4, -0.2) is 29.1 Å². The molecule has 1 N–H and O–H groups in total. The lowest BCUT2D eigenvalue weighted by Crippen LogP contribution is -2.29. The topological polar surface area (TPSA) is 40.5 Å². The Hall–Kier alpha value is -1.54. The van der Waals surface area contributed by atoms with Crippen molar-refractivity contribution in [3.63, 3.8) is 0 Å². The van der Waals surface area contributed by atoms with Crippen LogP contribution in [0.25, 0.3) is 10.1 Å². The predicted octanol–water partition coefficient (Wildman–Crippen LogP) is 3.07.